The van der Waals surface area contributed by atoms with Crippen molar-refractivity contribution in [2.45, 2.75) is 38.3 Å². The fourth-order valence-corrected chi connectivity index (χ4v) is 3.62. The lowest BCUT2D eigenvalue weighted by atomic mass is 9.87. The summed E-state index contributed by atoms with van der Waals surface area (Å²) in [5, 5.41) is 4.29. The molecule has 0 spiro atoms. The molecule has 0 bridgehead atoms. The number of nitrogens with one attached hydrogen (secondary N) is 2. The quantitative estimate of drug-likeness (QED) is 0.775. The molecule has 4 heteroatoms. The van der Waals surface area contributed by atoms with Gasteiger partial charge in [-0.1, -0.05) is 36.4 Å². The van der Waals surface area contributed by atoms with Crippen molar-refractivity contribution >= 4 is 10.9 Å². The molecule has 1 aliphatic carbocycles. The number of H-pyrrole nitrogens is 1. The van der Waals surface area contributed by atoms with Crippen molar-refractivity contribution in [3.63, 3.8) is 0 Å². The molecule has 0 saturated heterocycles. The molecule has 2 aromatic carbocycles. The Morgan fingerprint density at radius 2 is 1.96 bits per heavy atom. The van der Waals surface area contributed by atoms with E-state index < -0.39 is 0 Å². The van der Waals surface area contributed by atoms with Crippen LogP contribution < -0.4 is 10.9 Å². The number of para-hydroxylation sites is 1. The summed E-state index contributed by atoms with van der Waals surface area (Å²) in [7, 11) is 0. The van der Waals surface area contributed by atoms with Gasteiger partial charge in [-0.15, -0.1) is 0 Å². The van der Waals surface area contributed by atoms with Gasteiger partial charge in [0.2, 0.25) is 0 Å². The van der Waals surface area contributed by atoms with Crippen LogP contribution in [0.25, 0.3) is 10.9 Å². The highest BCUT2D eigenvalue weighted by Gasteiger charge is 2.22. The van der Waals surface area contributed by atoms with E-state index >= 15 is 0 Å². The number of rotatable bonds is 3. The Bertz CT molecular complexity index is 931. The van der Waals surface area contributed by atoms with Gasteiger partial charge in [0.1, 0.15) is 5.82 Å². The maximum absolute atomic E-state index is 12.3. The minimum absolute atomic E-state index is 0.0153. The summed E-state index contributed by atoms with van der Waals surface area (Å²) in [6.07, 6.45) is 3.44. The van der Waals surface area contributed by atoms with Crippen molar-refractivity contribution in [3.05, 3.63) is 75.8 Å². The Morgan fingerprint density at radius 3 is 2.88 bits per heavy atom. The molecule has 2 N–H and O–H groups in total. The van der Waals surface area contributed by atoms with Crippen LogP contribution in [-0.2, 0) is 6.42 Å². The molecule has 3 aromatic rings. The number of nitrogens with zero attached hydrogens (tertiary/aromatic N) is 1. The van der Waals surface area contributed by atoms with E-state index in [1.54, 1.807) is 6.07 Å². The first-order valence-electron chi connectivity index (χ1n) is 8.55. The van der Waals surface area contributed by atoms with Crippen LogP contribution in [-0.4, -0.2) is 9.97 Å². The smallest absolute Gasteiger partial charge is 0.258 e. The van der Waals surface area contributed by atoms with E-state index in [1.165, 1.54) is 17.5 Å². The van der Waals surface area contributed by atoms with E-state index in [1.807, 2.05) is 18.2 Å². The minimum Gasteiger partial charge on any atom is -0.309 e. The Labute approximate surface area is 141 Å². The molecular weight excluding hydrogens is 298 g/mol. The highest BCUT2D eigenvalue weighted by atomic mass is 16.1. The molecule has 0 radical (unpaired) electrons. The van der Waals surface area contributed by atoms with Gasteiger partial charge < -0.3 is 10.3 Å². The first-order valence-corrected chi connectivity index (χ1v) is 8.55. The van der Waals surface area contributed by atoms with Gasteiger partial charge >= 0.3 is 0 Å². The zero-order valence-corrected chi connectivity index (χ0v) is 13.8. The Morgan fingerprint density at radius 1 is 1.17 bits per heavy atom. The molecule has 4 nitrogen and oxygen atoms in total. The molecule has 24 heavy (non-hydrogen) atoms. The second kappa shape index (κ2) is 6.21. The van der Waals surface area contributed by atoms with Crippen molar-refractivity contribution in [1.82, 2.24) is 15.3 Å². The summed E-state index contributed by atoms with van der Waals surface area (Å²) in [5.41, 5.74) is 3.47. The molecule has 0 saturated carbocycles. The minimum atomic E-state index is -0.0757. The zero-order valence-electron chi connectivity index (χ0n) is 13.8. The number of benzene rings is 2. The van der Waals surface area contributed by atoms with E-state index in [0.29, 0.717) is 17.3 Å². The number of aromatic nitrogens is 2. The first kappa shape index (κ1) is 15.1. The van der Waals surface area contributed by atoms with Crippen molar-refractivity contribution in [1.29, 1.82) is 0 Å². The predicted octanol–water partition coefficient (Wildman–Crippen LogP) is 3.65. The van der Waals surface area contributed by atoms with Crippen LogP contribution in [0.5, 0.6) is 0 Å². The fraction of sp³-hybridized carbons (Fsp3) is 0.300. The van der Waals surface area contributed by atoms with Crippen LogP contribution in [0.1, 0.15) is 48.8 Å². The van der Waals surface area contributed by atoms with Gasteiger partial charge in [0.25, 0.3) is 5.56 Å². The summed E-state index contributed by atoms with van der Waals surface area (Å²) in [4.78, 5) is 19.8. The molecule has 1 heterocycles. The van der Waals surface area contributed by atoms with Crippen molar-refractivity contribution in [3.8, 4) is 0 Å². The van der Waals surface area contributed by atoms with Crippen LogP contribution in [0.2, 0.25) is 0 Å². The average molecular weight is 319 g/mol. The molecule has 1 aromatic heterocycles. The second-order valence-electron chi connectivity index (χ2n) is 6.50. The number of aryl methyl sites for hydroxylation is 1. The van der Waals surface area contributed by atoms with E-state index in [-0.39, 0.29) is 11.6 Å². The number of hydrogen-bond donors (Lipinski definition) is 2. The molecule has 0 aliphatic heterocycles. The van der Waals surface area contributed by atoms with E-state index in [2.05, 4.69) is 46.5 Å². The third-order valence-electron chi connectivity index (χ3n) is 4.86. The summed E-state index contributed by atoms with van der Waals surface area (Å²) < 4.78 is 0. The highest BCUT2D eigenvalue weighted by molar-refractivity contribution is 5.77. The van der Waals surface area contributed by atoms with Crippen LogP contribution in [0.3, 0.4) is 0 Å². The molecule has 122 valence electrons. The summed E-state index contributed by atoms with van der Waals surface area (Å²) >= 11 is 0. The van der Waals surface area contributed by atoms with Gasteiger partial charge in [-0.2, -0.15) is 0 Å². The van der Waals surface area contributed by atoms with Gasteiger partial charge in [-0.3, -0.25) is 4.79 Å². The van der Waals surface area contributed by atoms with Crippen LogP contribution in [0.4, 0.5) is 0 Å². The Kier molecular flexibility index (Phi) is 3.90. The van der Waals surface area contributed by atoms with Gasteiger partial charge in [-0.05, 0) is 49.4 Å². The third kappa shape index (κ3) is 2.74. The summed E-state index contributed by atoms with van der Waals surface area (Å²) in [5.74, 6) is 0.696. The maximum Gasteiger partial charge on any atom is 0.258 e. The number of aromatic amines is 1. The Hall–Kier alpha value is -2.46. The molecule has 1 aliphatic rings. The Balaban J connectivity index is 1.63. The van der Waals surface area contributed by atoms with Gasteiger partial charge in [0.05, 0.1) is 16.9 Å². The average Bonchev–Trinajstić information content (AvgIpc) is 2.62. The SMILES string of the molecule is CC(NC1CCCc2ccccc21)c1nc2ccccc2c(=O)[nH]1. The van der Waals surface area contributed by atoms with E-state index in [0.717, 1.165) is 18.4 Å². The number of hydrogen-bond acceptors (Lipinski definition) is 3. The summed E-state index contributed by atoms with van der Waals surface area (Å²) in [6, 6.07) is 16.4. The van der Waals surface area contributed by atoms with Crippen molar-refractivity contribution in [2.75, 3.05) is 0 Å². The lowest BCUT2D eigenvalue weighted by Crippen LogP contribution is -2.30. The molecule has 0 amide bonds. The van der Waals surface area contributed by atoms with Crippen molar-refractivity contribution in [2.24, 2.45) is 0 Å². The highest BCUT2D eigenvalue weighted by Crippen LogP contribution is 2.31. The molecule has 2 atom stereocenters. The lowest BCUT2D eigenvalue weighted by Gasteiger charge is -2.29. The largest absolute Gasteiger partial charge is 0.309 e. The second-order valence-corrected chi connectivity index (χ2v) is 6.50. The maximum atomic E-state index is 12.3. The lowest BCUT2D eigenvalue weighted by molar-refractivity contribution is 0.406. The predicted molar refractivity (Wildman–Crippen MR) is 96.0 cm³/mol. The van der Waals surface area contributed by atoms with Crippen LogP contribution >= 0.6 is 0 Å². The first-order chi connectivity index (χ1) is 11.7. The van der Waals surface area contributed by atoms with Crippen molar-refractivity contribution < 1.29 is 0 Å². The monoisotopic (exact) mass is 319 g/mol. The normalized spacial score (nSPS) is 18.3. The zero-order chi connectivity index (χ0) is 16.5. The molecule has 0 fully saturated rings. The number of fused-ring (bicyclic) bond motifs is 2. The van der Waals surface area contributed by atoms with Gasteiger partial charge in [0, 0.05) is 6.04 Å². The van der Waals surface area contributed by atoms with E-state index in [4.69, 9.17) is 0 Å². The topological polar surface area (TPSA) is 57.8 Å². The van der Waals surface area contributed by atoms with Crippen LogP contribution in [0.15, 0.2) is 53.3 Å². The van der Waals surface area contributed by atoms with Gasteiger partial charge in [0.15, 0.2) is 0 Å². The standard InChI is InChI=1S/C20H21N3O/c1-13(19-22-18-11-5-4-10-16(18)20(24)23-19)21-17-12-6-8-14-7-2-3-9-15(14)17/h2-5,7,9-11,13,17,21H,6,8,12H2,1H3,(H,22,23,24). The summed E-state index contributed by atoms with van der Waals surface area (Å²) in [6.45, 7) is 2.06. The third-order valence-corrected chi connectivity index (χ3v) is 4.86. The van der Waals surface area contributed by atoms with Crippen LogP contribution in [0, 0.1) is 0 Å². The molecular formula is C20H21N3O. The fourth-order valence-electron chi connectivity index (χ4n) is 3.62. The van der Waals surface area contributed by atoms with Gasteiger partial charge in [-0.25, -0.2) is 4.98 Å². The molecule has 2 unspecified atom stereocenters. The van der Waals surface area contributed by atoms with E-state index in [9.17, 15) is 4.79 Å². The molecule has 4 rings (SSSR count).